The number of hydrogen-bond acceptors (Lipinski definition) is 4. The Morgan fingerprint density at radius 2 is 2.19 bits per heavy atom. The molecule has 0 spiro atoms. The van der Waals surface area contributed by atoms with Gasteiger partial charge in [0.15, 0.2) is 0 Å². The highest BCUT2D eigenvalue weighted by molar-refractivity contribution is 6.01. The van der Waals surface area contributed by atoms with Gasteiger partial charge in [-0.25, -0.2) is 14.2 Å². The predicted octanol–water partition coefficient (Wildman–Crippen LogP) is 1.85. The quantitative estimate of drug-likeness (QED) is 0.779. The van der Waals surface area contributed by atoms with Gasteiger partial charge in [-0.05, 0) is 24.6 Å². The molecule has 0 aliphatic rings. The lowest BCUT2D eigenvalue weighted by Crippen LogP contribution is -2.14. The molecule has 0 saturated carbocycles. The first kappa shape index (κ1) is 14.6. The Hall–Kier alpha value is -2.77. The number of carboxylic acids is 1. The van der Waals surface area contributed by atoms with Crippen LogP contribution in [0.4, 0.5) is 10.1 Å². The number of anilines is 1. The third-order valence-corrected chi connectivity index (χ3v) is 2.68. The first-order valence-electron chi connectivity index (χ1n) is 6.26. The standard InChI is InChI=1S/C13H13FN4O3/c1-2-3-10-16-11(18-17-10)12(19)15-7-4-5-8(13(20)21)9(14)6-7/h4-6H,2-3H2,1H3,(H,15,19)(H,20,21)(H,16,17,18). The third kappa shape index (κ3) is 3.41. The van der Waals surface area contributed by atoms with Gasteiger partial charge in [-0.1, -0.05) is 6.92 Å². The van der Waals surface area contributed by atoms with Gasteiger partial charge in [0.05, 0.1) is 5.56 Å². The van der Waals surface area contributed by atoms with Crippen molar-refractivity contribution in [2.45, 2.75) is 19.8 Å². The van der Waals surface area contributed by atoms with Crippen LogP contribution in [0.15, 0.2) is 18.2 Å². The van der Waals surface area contributed by atoms with E-state index in [1.165, 1.54) is 6.07 Å². The lowest BCUT2D eigenvalue weighted by molar-refractivity contribution is 0.0692. The van der Waals surface area contributed by atoms with Crippen molar-refractivity contribution >= 4 is 17.6 Å². The van der Waals surface area contributed by atoms with E-state index in [4.69, 9.17) is 5.11 Å². The lowest BCUT2D eigenvalue weighted by atomic mass is 10.2. The number of aromatic nitrogens is 3. The molecule has 0 atom stereocenters. The summed E-state index contributed by atoms with van der Waals surface area (Å²) in [5, 5.41) is 17.5. The normalized spacial score (nSPS) is 10.4. The molecule has 0 saturated heterocycles. The van der Waals surface area contributed by atoms with E-state index in [1.807, 2.05) is 6.92 Å². The number of hydrogen-bond donors (Lipinski definition) is 3. The van der Waals surface area contributed by atoms with Gasteiger partial charge in [0.2, 0.25) is 5.82 Å². The van der Waals surface area contributed by atoms with Crippen molar-refractivity contribution in [3.8, 4) is 0 Å². The maximum Gasteiger partial charge on any atom is 0.338 e. The van der Waals surface area contributed by atoms with E-state index in [0.29, 0.717) is 12.2 Å². The number of halogens is 1. The predicted molar refractivity (Wildman–Crippen MR) is 71.7 cm³/mol. The second-order valence-corrected chi connectivity index (χ2v) is 4.31. The second-order valence-electron chi connectivity index (χ2n) is 4.31. The number of carbonyl (C=O) groups excluding carboxylic acids is 1. The molecule has 8 heteroatoms. The summed E-state index contributed by atoms with van der Waals surface area (Å²) in [6, 6.07) is 3.30. The van der Waals surface area contributed by atoms with Crippen LogP contribution in [0.3, 0.4) is 0 Å². The average molecular weight is 292 g/mol. The summed E-state index contributed by atoms with van der Waals surface area (Å²) in [6.07, 6.45) is 1.53. The summed E-state index contributed by atoms with van der Waals surface area (Å²) < 4.78 is 13.5. The van der Waals surface area contributed by atoms with E-state index >= 15 is 0 Å². The van der Waals surface area contributed by atoms with Crippen molar-refractivity contribution in [3.63, 3.8) is 0 Å². The van der Waals surface area contributed by atoms with Gasteiger partial charge >= 0.3 is 5.97 Å². The molecule has 0 aliphatic heterocycles. The van der Waals surface area contributed by atoms with Crippen LogP contribution in [0.2, 0.25) is 0 Å². The molecule has 2 aromatic rings. The maximum atomic E-state index is 13.5. The van der Waals surface area contributed by atoms with Crippen LogP contribution in [0.5, 0.6) is 0 Å². The summed E-state index contributed by atoms with van der Waals surface area (Å²) in [5.41, 5.74) is -0.333. The fourth-order valence-electron chi connectivity index (χ4n) is 1.70. The van der Waals surface area contributed by atoms with Crippen LogP contribution in [-0.2, 0) is 6.42 Å². The number of aryl methyl sites for hydroxylation is 1. The molecular weight excluding hydrogens is 279 g/mol. The van der Waals surface area contributed by atoms with E-state index < -0.39 is 23.3 Å². The molecule has 1 heterocycles. The highest BCUT2D eigenvalue weighted by Gasteiger charge is 2.15. The molecule has 21 heavy (non-hydrogen) atoms. The molecule has 1 amide bonds. The van der Waals surface area contributed by atoms with Crippen LogP contribution in [0.1, 0.15) is 40.1 Å². The second kappa shape index (κ2) is 6.12. The molecular formula is C13H13FN4O3. The zero-order chi connectivity index (χ0) is 15.4. The minimum atomic E-state index is -1.37. The zero-order valence-corrected chi connectivity index (χ0v) is 11.2. The molecule has 110 valence electrons. The summed E-state index contributed by atoms with van der Waals surface area (Å²) in [6.45, 7) is 1.97. The van der Waals surface area contributed by atoms with Crippen LogP contribution < -0.4 is 5.32 Å². The van der Waals surface area contributed by atoms with Crippen molar-refractivity contribution in [1.82, 2.24) is 15.2 Å². The largest absolute Gasteiger partial charge is 0.478 e. The number of amides is 1. The number of carbonyl (C=O) groups is 2. The van der Waals surface area contributed by atoms with Crippen molar-refractivity contribution in [3.05, 3.63) is 41.2 Å². The minimum Gasteiger partial charge on any atom is -0.478 e. The molecule has 2 rings (SSSR count). The highest BCUT2D eigenvalue weighted by atomic mass is 19.1. The van der Waals surface area contributed by atoms with Crippen molar-refractivity contribution in [2.24, 2.45) is 0 Å². The van der Waals surface area contributed by atoms with E-state index in [-0.39, 0.29) is 11.5 Å². The minimum absolute atomic E-state index is 0.0545. The molecule has 0 aliphatic carbocycles. The number of carboxylic acid groups (broad SMARTS) is 1. The van der Waals surface area contributed by atoms with E-state index in [9.17, 15) is 14.0 Å². The average Bonchev–Trinajstić information content (AvgIpc) is 2.87. The first-order chi connectivity index (χ1) is 10.0. The topological polar surface area (TPSA) is 108 Å². The zero-order valence-electron chi connectivity index (χ0n) is 11.2. The number of aromatic amines is 1. The van der Waals surface area contributed by atoms with Crippen molar-refractivity contribution < 1.29 is 19.1 Å². The number of aromatic carboxylic acids is 1. The molecule has 7 nitrogen and oxygen atoms in total. The molecule has 0 bridgehead atoms. The highest BCUT2D eigenvalue weighted by Crippen LogP contribution is 2.15. The monoisotopic (exact) mass is 292 g/mol. The van der Waals surface area contributed by atoms with E-state index in [1.54, 1.807) is 0 Å². The van der Waals surface area contributed by atoms with Gasteiger partial charge < -0.3 is 10.4 Å². The van der Waals surface area contributed by atoms with Crippen molar-refractivity contribution in [1.29, 1.82) is 0 Å². The maximum absolute atomic E-state index is 13.5. The number of benzene rings is 1. The molecule has 0 unspecified atom stereocenters. The molecule has 0 radical (unpaired) electrons. The summed E-state index contributed by atoms with van der Waals surface area (Å²) in [4.78, 5) is 26.6. The Kier molecular flexibility index (Phi) is 4.27. The number of rotatable bonds is 5. The number of nitrogens with one attached hydrogen (secondary N) is 2. The first-order valence-corrected chi connectivity index (χ1v) is 6.26. The van der Waals surface area contributed by atoms with Crippen LogP contribution in [0.25, 0.3) is 0 Å². The van der Waals surface area contributed by atoms with Gasteiger partial charge in [-0.3, -0.25) is 9.89 Å². The van der Waals surface area contributed by atoms with Gasteiger partial charge in [0, 0.05) is 12.1 Å². The Morgan fingerprint density at radius 3 is 2.81 bits per heavy atom. The van der Waals surface area contributed by atoms with Gasteiger partial charge in [0.25, 0.3) is 5.91 Å². The number of H-pyrrole nitrogens is 1. The Morgan fingerprint density at radius 1 is 1.43 bits per heavy atom. The SMILES string of the molecule is CCCc1nc(C(=O)Nc2ccc(C(=O)O)c(F)c2)n[nH]1. The molecule has 1 aromatic heterocycles. The Balaban J connectivity index is 2.11. The molecule has 1 aromatic carbocycles. The third-order valence-electron chi connectivity index (χ3n) is 2.68. The number of nitrogens with zero attached hydrogens (tertiary/aromatic N) is 2. The van der Waals surface area contributed by atoms with Gasteiger partial charge in [-0.15, -0.1) is 5.10 Å². The fourth-order valence-corrected chi connectivity index (χ4v) is 1.70. The van der Waals surface area contributed by atoms with E-state index in [2.05, 4.69) is 20.5 Å². The molecule has 0 fully saturated rings. The summed E-state index contributed by atoms with van der Waals surface area (Å²) in [5.74, 6) is -2.36. The van der Waals surface area contributed by atoms with E-state index in [0.717, 1.165) is 18.6 Å². The Bertz CT molecular complexity index is 684. The van der Waals surface area contributed by atoms with Crippen LogP contribution in [0, 0.1) is 5.82 Å². The summed E-state index contributed by atoms with van der Waals surface area (Å²) >= 11 is 0. The van der Waals surface area contributed by atoms with Gasteiger partial charge in [-0.2, -0.15) is 0 Å². The van der Waals surface area contributed by atoms with Crippen molar-refractivity contribution in [2.75, 3.05) is 5.32 Å². The van der Waals surface area contributed by atoms with Crippen LogP contribution >= 0.6 is 0 Å². The smallest absolute Gasteiger partial charge is 0.338 e. The van der Waals surface area contributed by atoms with Gasteiger partial charge in [0.1, 0.15) is 11.6 Å². The lowest BCUT2D eigenvalue weighted by Gasteiger charge is -2.04. The molecule has 3 N–H and O–H groups in total. The summed E-state index contributed by atoms with van der Waals surface area (Å²) in [7, 11) is 0. The fraction of sp³-hybridized carbons (Fsp3) is 0.231. The Labute approximate surface area is 119 Å². The van der Waals surface area contributed by atoms with Crippen LogP contribution in [-0.4, -0.2) is 32.2 Å².